The first-order valence-electron chi connectivity index (χ1n) is 8.29. The van der Waals surface area contributed by atoms with Gasteiger partial charge in [-0.2, -0.15) is 0 Å². The number of carbonyl (C=O) groups excluding carboxylic acids is 1. The summed E-state index contributed by atoms with van der Waals surface area (Å²) in [6, 6.07) is 7.46. The summed E-state index contributed by atoms with van der Waals surface area (Å²) in [5.41, 5.74) is 1.46. The van der Waals surface area contributed by atoms with Crippen molar-refractivity contribution in [1.29, 1.82) is 0 Å². The Morgan fingerprint density at radius 1 is 1.28 bits per heavy atom. The first kappa shape index (κ1) is 18.8. The van der Waals surface area contributed by atoms with Gasteiger partial charge >= 0.3 is 12.1 Å². The van der Waals surface area contributed by atoms with Gasteiger partial charge in [-0.25, -0.2) is 4.79 Å². The van der Waals surface area contributed by atoms with E-state index in [1.165, 1.54) is 4.90 Å². The van der Waals surface area contributed by atoms with Crippen molar-refractivity contribution in [3.63, 3.8) is 0 Å². The molecule has 1 atom stereocenters. The second-order valence-corrected chi connectivity index (χ2v) is 7.33. The molecule has 136 valence electrons. The number of carboxylic acid groups (broad SMARTS) is 1. The van der Waals surface area contributed by atoms with Crippen LogP contribution < -0.4 is 0 Å². The third kappa shape index (κ3) is 4.75. The molecule has 1 aromatic carbocycles. The first-order valence-corrected chi connectivity index (χ1v) is 8.29. The van der Waals surface area contributed by atoms with Gasteiger partial charge in [0.25, 0.3) is 0 Å². The highest BCUT2D eigenvalue weighted by Crippen LogP contribution is 2.24. The molecule has 0 radical (unpaired) electrons. The van der Waals surface area contributed by atoms with Crippen LogP contribution in [0.1, 0.15) is 32.8 Å². The van der Waals surface area contributed by atoms with E-state index in [0.29, 0.717) is 6.42 Å². The summed E-state index contributed by atoms with van der Waals surface area (Å²) >= 11 is 0. The lowest BCUT2D eigenvalue weighted by molar-refractivity contribution is -0.138. The van der Waals surface area contributed by atoms with Crippen LogP contribution in [0.4, 0.5) is 4.79 Å². The second-order valence-electron chi connectivity index (χ2n) is 7.33. The molecule has 0 unspecified atom stereocenters. The molecule has 0 aliphatic carbocycles. The zero-order valence-corrected chi connectivity index (χ0v) is 15.4. The van der Waals surface area contributed by atoms with Crippen LogP contribution in [0.2, 0.25) is 0 Å². The molecule has 1 aromatic heterocycles. The summed E-state index contributed by atoms with van der Waals surface area (Å²) in [5.74, 6) is -0.944. The zero-order valence-electron chi connectivity index (χ0n) is 15.4. The quantitative estimate of drug-likeness (QED) is 0.900. The van der Waals surface area contributed by atoms with Gasteiger partial charge in [0.15, 0.2) is 0 Å². The Hall–Kier alpha value is -2.50. The van der Waals surface area contributed by atoms with Gasteiger partial charge in [0.1, 0.15) is 5.60 Å². The number of amides is 1. The number of rotatable bonds is 5. The summed E-state index contributed by atoms with van der Waals surface area (Å²) in [5, 5.41) is 10.3. The Kier molecular flexibility index (Phi) is 5.40. The van der Waals surface area contributed by atoms with Gasteiger partial charge in [-0.05, 0) is 38.8 Å². The van der Waals surface area contributed by atoms with Crippen LogP contribution in [0.15, 0.2) is 30.5 Å². The molecule has 2 aromatic rings. The van der Waals surface area contributed by atoms with Crippen LogP contribution in [0, 0.1) is 0 Å². The average Bonchev–Trinajstić information content (AvgIpc) is 2.80. The minimum atomic E-state index is -0.944. The summed E-state index contributed by atoms with van der Waals surface area (Å²) < 4.78 is 7.39. The van der Waals surface area contributed by atoms with Crippen LogP contribution in [-0.4, -0.2) is 45.3 Å². The Bertz CT molecular complexity index is 773. The summed E-state index contributed by atoms with van der Waals surface area (Å²) in [7, 11) is 3.54. The molecule has 0 saturated heterocycles. The third-order valence-electron chi connectivity index (χ3n) is 4.07. The number of benzene rings is 1. The van der Waals surface area contributed by atoms with E-state index >= 15 is 0 Å². The van der Waals surface area contributed by atoms with Crippen molar-refractivity contribution in [1.82, 2.24) is 9.47 Å². The van der Waals surface area contributed by atoms with Crippen LogP contribution in [0.3, 0.4) is 0 Å². The molecule has 0 aliphatic rings. The van der Waals surface area contributed by atoms with Crippen molar-refractivity contribution in [2.45, 2.75) is 45.3 Å². The molecular weight excluding hydrogens is 320 g/mol. The van der Waals surface area contributed by atoms with E-state index in [9.17, 15) is 14.7 Å². The Morgan fingerprint density at radius 3 is 2.52 bits per heavy atom. The number of likely N-dealkylation sites (N-methyl/N-ethyl adjacent to an activating group) is 1. The number of para-hydroxylation sites is 1. The fraction of sp³-hybridized carbons (Fsp3) is 0.474. The number of nitrogens with zero attached hydrogens (tertiary/aromatic N) is 2. The highest BCUT2D eigenvalue weighted by atomic mass is 16.6. The van der Waals surface area contributed by atoms with Gasteiger partial charge in [-0.15, -0.1) is 0 Å². The van der Waals surface area contributed by atoms with Gasteiger partial charge in [-0.3, -0.25) is 4.79 Å². The summed E-state index contributed by atoms with van der Waals surface area (Å²) in [6.45, 7) is 5.36. The minimum Gasteiger partial charge on any atom is -0.481 e. The topological polar surface area (TPSA) is 71.8 Å². The maximum absolute atomic E-state index is 12.3. The monoisotopic (exact) mass is 346 g/mol. The molecule has 6 nitrogen and oxygen atoms in total. The van der Waals surface area contributed by atoms with Gasteiger partial charge < -0.3 is 19.3 Å². The molecule has 0 spiro atoms. The number of fused-ring (bicyclic) bond motifs is 1. The fourth-order valence-corrected chi connectivity index (χ4v) is 2.87. The molecule has 6 heteroatoms. The number of aliphatic carboxylic acids is 1. The Labute approximate surface area is 148 Å². The molecule has 0 saturated carbocycles. The van der Waals surface area contributed by atoms with Crippen LogP contribution >= 0.6 is 0 Å². The number of hydrogen-bond donors (Lipinski definition) is 1. The van der Waals surface area contributed by atoms with Gasteiger partial charge in [0, 0.05) is 37.2 Å². The molecule has 1 N–H and O–H groups in total. The molecule has 0 bridgehead atoms. The van der Waals surface area contributed by atoms with Crippen molar-refractivity contribution < 1.29 is 19.4 Å². The minimum absolute atomic E-state index is 0.140. The molecule has 1 amide bonds. The molecule has 2 rings (SSSR count). The van der Waals surface area contributed by atoms with Crippen LogP contribution in [0.5, 0.6) is 0 Å². The largest absolute Gasteiger partial charge is 0.481 e. The van der Waals surface area contributed by atoms with E-state index in [0.717, 1.165) is 16.5 Å². The van der Waals surface area contributed by atoms with E-state index in [1.54, 1.807) is 27.8 Å². The molecule has 0 fully saturated rings. The van der Waals surface area contributed by atoms with Crippen molar-refractivity contribution in [3.8, 4) is 0 Å². The lowest BCUT2D eigenvalue weighted by Gasteiger charge is -2.30. The summed E-state index contributed by atoms with van der Waals surface area (Å²) in [4.78, 5) is 25.0. The summed E-state index contributed by atoms with van der Waals surface area (Å²) in [6.07, 6.45) is 1.78. The zero-order chi connectivity index (χ0) is 18.8. The number of aromatic nitrogens is 1. The second kappa shape index (κ2) is 7.17. The van der Waals surface area contributed by atoms with E-state index in [1.807, 2.05) is 42.1 Å². The van der Waals surface area contributed by atoms with Crippen LogP contribution in [0.25, 0.3) is 10.9 Å². The standard InChI is InChI=1S/C19H26N2O4/c1-19(2,3)25-18(24)21(5)14(11-17(22)23)10-13-12-20(4)16-9-7-6-8-15(13)16/h6-9,12,14H,10-11H2,1-5H3,(H,22,23)/t14-/m0/s1. The van der Waals surface area contributed by atoms with Gasteiger partial charge in [0.05, 0.1) is 6.42 Å². The van der Waals surface area contributed by atoms with Gasteiger partial charge in [-0.1, -0.05) is 18.2 Å². The van der Waals surface area contributed by atoms with Crippen molar-refractivity contribution in [2.75, 3.05) is 7.05 Å². The van der Waals surface area contributed by atoms with Crippen molar-refractivity contribution in [3.05, 3.63) is 36.0 Å². The van der Waals surface area contributed by atoms with E-state index in [-0.39, 0.29) is 6.42 Å². The highest BCUT2D eigenvalue weighted by molar-refractivity contribution is 5.84. The Morgan fingerprint density at radius 2 is 1.92 bits per heavy atom. The smallest absolute Gasteiger partial charge is 0.410 e. The number of ether oxygens (including phenoxy) is 1. The van der Waals surface area contributed by atoms with E-state index < -0.39 is 23.7 Å². The average molecular weight is 346 g/mol. The molecule has 1 heterocycles. The predicted octanol–water partition coefficient (Wildman–Crippen LogP) is 3.43. The lowest BCUT2D eigenvalue weighted by Crippen LogP contribution is -2.42. The predicted molar refractivity (Wildman–Crippen MR) is 96.7 cm³/mol. The highest BCUT2D eigenvalue weighted by Gasteiger charge is 2.28. The number of aryl methyl sites for hydroxylation is 1. The van der Waals surface area contributed by atoms with Crippen molar-refractivity contribution in [2.24, 2.45) is 7.05 Å². The lowest BCUT2D eigenvalue weighted by atomic mass is 10.0. The van der Waals surface area contributed by atoms with E-state index in [2.05, 4.69) is 0 Å². The maximum Gasteiger partial charge on any atom is 0.410 e. The third-order valence-corrected chi connectivity index (χ3v) is 4.07. The van der Waals surface area contributed by atoms with Crippen molar-refractivity contribution >= 4 is 23.0 Å². The number of carboxylic acids is 1. The maximum atomic E-state index is 12.3. The first-order chi connectivity index (χ1) is 11.6. The number of carbonyl (C=O) groups is 2. The normalized spacial score (nSPS) is 12.8. The van der Waals surface area contributed by atoms with E-state index in [4.69, 9.17) is 4.74 Å². The Balaban J connectivity index is 2.28. The molecule has 0 aliphatic heterocycles. The number of hydrogen-bond acceptors (Lipinski definition) is 3. The van der Waals surface area contributed by atoms with Gasteiger partial charge in [0.2, 0.25) is 0 Å². The SMILES string of the molecule is CN(C(=O)OC(C)(C)C)[C@H](CC(=O)O)Cc1cn(C)c2ccccc12. The molecular formula is C19H26N2O4. The molecule has 25 heavy (non-hydrogen) atoms. The fourth-order valence-electron chi connectivity index (χ4n) is 2.87. The van der Waals surface area contributed by atoms with Crippen LogP contribution in [-0.2, 0) is 23.0 Å².